The number of carbonyl (C=O) groups excluding carboxylic acids is 1. The number of thioether (sulfide) groups is 1. The van der Waals surface area contributed by atoms with Crippen LogP contribution < -0.4 is 10.9 Å². The molecule has 2 aromatic rings. The van der Waals surface area contributed by atoms with Gasteiger partial charge in [-0.15, -0.1) is 0 Å². The average Bonchev–Trinajstić information content (AvgIpc) is 2.50. The van der Waals surface area contributed by atoms with Gasteiger partial charge in [0.15, 0.2) is 16.8 Å². The third kappa shape index (κ3) is 4.87. The maximum atomic E-state index is 13.1. The van der Waals surface area contributed by atoms with Crippen LogP contribution in [-0.4, -0.2) is 28.2 Å². The van der Waals surface area contributed by atoms with Gasteiger partial charge in [0.05, 0.1) is 17.6 Å². The number of methoxy groups -OCH3 is 1. The van der Waals surface area contributed by atoms with Gasteiger partial charge in [-0.25, -0.2) is 13.8 Å². The van der Waals surface area contributed by atoms with E-state index in [1.165, 1.54) is 19.2 Å². The molecule has 0 aliphatic carbocycles. The normalized spacial score (nSPS) is 12.0. The first-order chi connectivity index (χ1) is 11.4. The summed E-state index contributed by atoms with van der Waals surface area (Å²) < 4.78 is 30.9. The summed E-state index contributed by atoms with van der Waals surface area (Å²) in [5.74, 6) is -2.48. The highest BCUT2D eigenvalue weighted by molar-refractivity contribution is 8.00. The molecule has 1 aromatic carbocycles. The lowest BCUT2D eigenvalue weighted by molar-refractivity contribution is -0.115. The van der Waals surface area contributed by atoms with Gasteiger partial charge < -0.3 is 15.0 Å². The van der Waals surface area contributed by atoms with E-state index in [-0.39, 0.29) is 23.0 Å². The first-order valence-corrected chi connectivity index (χ1v) is 7.78. The minimum absolute atomic E-state index is 0.140. The van der Waals surface area contributed by atoms with Gasteiger partial charge in [0.1, 0.15) is 0 Å². The van der Waals surface area contributed by atoms with Crippen molar-refractivity contribution < 1.29 is 18.3 Å². The Morgan fingerprint density at radius 1 is 1.38 bits per heavy atom. The number of anilines is 1. The molecule has 0 spiro atoms. The highest BCUT2D eigenvalue weighted by Gasteiger charge is 2.17. The van der Waals surface area contributed by atoms with E-state index in [4.69, 9.17) is 4.74 Å². The number of ether oxygens (including phenoxy) is 1. The molecule has 1 heterocycles. The van der Waals surface area contributed by atoms with Crippen LogP contribution >= 0.6 is 11.8 Å². The summed E-state index contributed by atoms with van der Waals surface area (Å²) in [5, 5.41) is 2.11. The van der Waals surface area contributed by atoms with Gasteiger partial charge in [0, 0.05) is 24.9 Å². The molecule has 0 fully saturated rings. The van der Waals surface area contributed by atoms with Crippen molar-refractivity contribution in [1.82, 2.24) is 9.97 Å². The Kier molecular flexibility index (Phi) is 6.04. The molecule has 9 heteroatoms. The molecule has 0 bridgehead atoms. The predicted molar refractivity (Wildman–Crippen MR) is 85.9 cm³/mol. The van der Waals surface area contributed by atoms with E-state index >= 15 is 0 Å². The largest absolute Gasteiger partial charge is 0.378 e. The summed E-state index contributed by atoms with van der Waals surface area (Å²) in [6.45, 7) is 1.77. The lowest BCUT2D eigenvalue weighted by Gasteiger charge is -2.12. The summed E-state index contributed by atoms with van der Waals surface area (Å²) in [7, 11) is 1.48. The Morgan fingerprint density at radius 3 is 2.79 bits per heavy atom. The van der Waals surface area contributed by atoms with Crippen LogP contribution in [-0.2, 0) is 16.1 Å². The van der Waals surface area contributed by atoms with Gasteiger partial charge in [-0.1, -0.05) is 11.8 Å². The first-order valence-electron chi connectivity index (χ1n) is 6.91. The number of H-pyrrole nitrogens is 1. The molecule has 1 amide bonds. The Morgan fingerprint density at radius 2 is 2.12 bits per heavy atom. The zero-order valence-electron chi connectivity index (χ0n) is 12.9. The van der Waals surface area contributed by atoms with Crippen LogP contribution in [0.15, 0.2) is 34.2 Å². The Bertz CT molecular complexity index is 798. The minimum Gasteiger partial charge on any atom is -0.378 e. The number of halogens is 2. The number of nitrogens with zero attached hydrogens (tertiary/aromatic N) is 1. The monoisotopic (exact) mass is 355 g/mol. The number of nitrogens with one attached hydrogen (secondary N) is 2. The van der Waals surface area contributed by atoms with Crippen LogP contribution in [0.5, 0.6) is 0 Å². The Hall–Kier alpha value is -2.26. The fourth-order valence-corrected chi connectivity index (χ4v) is 2.63. The summed E-state index contributed by atoms with van der Waals surface area (Å²) in [5.41, 5.74) is 0.227. The van der Waals surface area contributed by atoms with Crippen molar-refractivity contribution in [2.24, 2.45) is 0 Å². The number of amides is 1. The molecule has 0 aliphatic heterocycles. The molecule has 6 nitrogen and oxygen atoms in total. The second kappa shape index (κ2) is 8.02. The molecular weight excluding hydrogens is 340 g/mol. The smallest absolute Gasteiger partial charge is 0.251 e. The summed E-state index contributed by atoms with van der Waals surface area (Å²) >= 11 is 1.03. The third-order valence-electron chi connectivity index (χ3n) is 2.91. The quantitative estimate of drug-likeness (QED) is 0.614. The number of hydrogen-bond acceptors (Lipinski definition) is 5. The predicted octanol–water partition coefficient (Wildman–Crippen LogP) is 2.31. The molecule has 0 radical (unpaired) electrons. The highest BCUT2D eigenvalue weighted by Crippen LogP contribution is 2.21. The zero-order valence-corrected chi connectivity index (χ0v) is 13.7. The minimum atomic E-state index is -1.05. The van der Waals surface area contributed by atoms with Crippen LogP contribution in [0.1, 0.15) is 12.6 Å². The average molecular weight is 355 g/mol. The summed E-state index contributed by atoms with van der Waals surface area (Å²) in [6.07, 6.45) is 0. The fraction of sp³-hybridized carbons (Fsp3) is 0.267. The van der Waals surface area contributed by atoms with Gasteiger partial charge >= 0.3 is 0 Å². The van der Waals surface area contributed by atoms with Gasteiger partial charge in [0.25, 0.3) is 5.56 Å². The van der Waals surface area contributed by atoms with E-state index in [1.807, 2.05) is 0 Å². The van der Waals surface area contributed by atoms with Crippen molar-refractivity contribution in [2.75, 3.05) is 12.4 Å². The van der Waals surface area contributed by atoms with Crippen molar-refractivity contribution in [3.05, 3.63) is 51.9 Å². The second-order valence-corrected chi connectivity index (χ2v) is 6.18. The third-order valence-corrected chi connectivity index (χ3v) is 3.89. The SMILES string of the molecule is COCc1cc(=O)[nH]c(SC(C)C(=O)Nc2ccc(F)c(F)c2)n1. The highest BCUT2D eigenvalue weighted by atomic mass is 32.2. The van der Waals surface area contributed by atoms with E-state index in [0.717, 1.165) is 23.9 Å². The van der Waals surface area contributed by atoms with Gasteiger partial charge in [-0.2, -0.15) is 0 Å². The molecule has 0 aliphatic rings. The van der Waals surface area contributed by atoms with Crippen LogP contribution in [0.2, 0.25) is 0 Å². The molecule has 1 atom stereocenters. The van der Waals surface area contributed by atoms with E-state index in [0.29, 0.717) is 5.69 Å². The van der Waals surface area contributed by atoms with E-state index < -0.39 is 22.8 Å². The number of hydrogen-bond donors (Lipinski definition) is 2. The van der Waals surface area contributed by atoms with Crippen molar-refractivity contribution in [3.63, 3.8) is 0 Å². The number of rotatable bonds is 6. The lowest BCUT2D eigenvalue weighted by Crippen LogP contribution is -2.23. The topological polar surface area (TPSA) is 84.1 Å². The number of benzene rings is 1. The van der Waals surface area contributed by atoms with Crippen LogP contribution in [0.3, 0.4) is 0 Å². The van der Waals surface area contributed by atoms with Crippen LogP contribution in [0.4, 0.5) is 14.5 Å². The van der Waals surface area contributed by atoms with E-state index in [9.17, 15) is 18.4 Å². The number of aromatic nitrogens is 2. The second-order valence-electron chi connectivity index (χ2n) is 4.85. The van der Waals surface area contributed by atoms with Crippen molar-refractivity contribution >= 4 is 23.4 Å². The standard InChI is InChI=1S/C15H15F2N3O3S/c1-8(14(22)18-9-3-4-11(16)12(17)5-9)24-15-19-10(7-23-2)6-13(21)20-15/h3-6,8H,7H2,1-2H3,(H,18,22)(H,19,20,21). The van der Waals surface area contributed by atoms with Gasteiger partial charge in [-0.05, 0) is 19.1 Å². The lowest BCUT2D eigenvalue weighted by atomic mass is 10.3. The molecule has 24 heavy (non-hydrogen) atoms. The van der Waals surface area contributed by atoms with E-state index in [1.54, 1.807) is 6.92 Å². The zero-order chi connectivity index (χ0) is 17.7. The molecule has 2 rings (SSSR count). The summed E-state index contributed by atoms with van der Waals surface area (Å²) in [6, 6.07) is 4.38. The van der Waals surface area contributed by atoms with Crippen molar-refractivity contribution in [2.45, 2.75) is 23.9 Å². The van der Waals surface area contributed by atoms with Gasteiger partial charge in [-0.3, -0.25) is 9.59 Å². The van der Waals surface area contributed by atoms with Crippen LogP contribution in [0.25, 0.3) is 0 Å². The molecule has 2 N–H and O–H groups in total. The molecule has 1 unspecified atom stereocenters. The fourth-order valence-electron chi connectivity index (χ4n) is 1.80. The Labute approximate surface area is 140 Å². The van der Waals surface area contributed by atoms with E-state index in [2.05, 4.69) is 15.3 Å². The molecule has 0 saturated heterocycles. The Balaban J connectivity index is 2.05. The maximum absolute atomic E-state index is 13.1. The maximum Gasteiger partial charge on any atom is 0.251 e. The van der Waals surface area contributed by atoms with Crippen molar-refractivity contribution in [1.29, 1.82) is 0 Å². The molecule has 1 aromatic heterocycles. The van der Waals surface area contributed by atoms with Gasteiger partial charge in [0.2, 0.25) is 5.91 Å². The van der Waals surface area contributed by atoms with Crippen molar-refractivity contribution in [3.8, 4) is 0 Å². The number of aromatic amines is 1. The molecular formula is C15H15F2N3O3S. The summed E-state index contributed by atoms with van der Waals surface area (Å²) in [4.78, 5) is 30.4. The van der Waals surface area contributed by atoms with Crippen LogP contribution in [0, 0.1) is 11.6 Å². The number of carbonyl (C=O) groups is 1. The molecule has 0 saturated carbocycles. The molecule has 128 valence electrons. The first kappa shape index (κ1) is 18.1.